The monoisotopic (exact) mass is 504 g/mol. The van der Waals surface area contributed by atoms with E-state index in [0.29, 0.717) is 28.6 Å². The fraction of sp³-hybridized carbons (Fsp3) is 0.556. The van der Waals surface area contributed by atoms with Gasteiger partial charge in [-0.25, -0.2) is 4.98 Å². The van der Waals surface area contributed by atoms with E-state index in [2.05, 4.69) is 40.3 Å². The fourth-order valence-electron chi connectivity index (χ4n) is 5.66. The summed E-state index contributed by atoms with van der Waals surface area (Å²) in [5, 5.41) is 23.6. The minimum absolute atomic E-state index is 0.0423. The molecule has 1 saturated carbocycles. The molecule has 37 heavy (non-hydrogen) atoms. The van der Waals surface area contributed by atoms with Crippen LogP contribution in [0.1, 0.15) is 50.1 Å². The molecule has 0 aromatic carbocycles. The summed E-state index contributed by atoms with van der Waals surface area (Å²) in [6.07, 6.45) is 10.2. The molecule has 196 valence electrons. The first-order chi connectivity index (χ1) is 17.9. The van der Waals surface area contributed by atoms with Crippen molar-refractivity contribution in [3.8, 4) is 6.07 Å². The van der Waals surface area contributed by atoms with Crippen LogP contribution in [0.25, 0.3) is 6.08 Å². The molecule has 1 unspecified atom stereocenters. The van der Waals surface area contributed by atoms with E-state index in [9.17, 15) is 15.2 Å². The fourth-order valence-corrected chi connectivity index (χ4v) is 5.66. The molecule has 0 spiro atoms. The molecule has 2 aromatic heterocycles. The van der Waals surface area contributed by atoms with E-state index in [-0.39, 0.29) is 17.6 Å². The minimum Gasteiger partial charge on any atom is -0.369 e. The second kappa shape index (κ2) is 11.0. The average Bonchev–Trinajstić information content (AvgIpc) is 3.42. The molecule has 1 atom stereocenters. The van der Waals surface area contributed by atoms with E-state index in [1.54, 1.807) is 18.3 Å². The van der Waals surface area contributed by atoms with Gasteiger partial charge >= 0.3 is 0 Å². The maximum atomic E-state index is 13.0. The van der Waals surface area contributed by atoms with Gasteiger partial charge in [-0.3, -0.25) is 4.79 Å². The van der Waals surface area contributed by atoms with E-state index in [1.807, 2.05) is 21.7 Å². The van der Waals surface area contributed by atoms with Crippen LogP contribution >= 0.6 is 0 Å². The normalized spacial score (nSPS) is 21.1. The Labute approximate surface area is 217 Å². The van der Waals surface area contributed by atoms with Crippen LogP contribution < -0.4 is 15.8 Å². The summed E-state index contributed by atoms with van der Waals surface area (Å²) < 4.78 is 1.84. The van der Waals surface area contributed by atoms with Crippen LogP contribution in [0.15, 0.2) is 34.9 Å². The molecule has 3 aliphatic rings. The summed E-state index contributed by atoms with van der Waals surface area (Å²) in [5.74, 6) is 0.972. The molecule has 1 aliphatic carbocycles. The molecule has 2 aliphatic heterocycles. The summed E-state index contributed by atoms with van der Waals surface area (Å²) in [4.78, 5) is 28.6. The lowest BCUT2D eigenvalue weighted by Crippen LogP contribution is -2.45. The van der Waals surface area contributed by atoms with Gasteiger partial charge in [0.1, 0.15) is 5.82 Å². The maximum Gasteiger partial charge on any atom is 0.252 e. The molecule has 4 heterocycles. The number of nitrogens with one attached hydrogen (secondary N) is 1. The lowest BCUT2D eigenvalue weighted by atomic mass is 10.0. The smallest absolute Gasteiger partial charge is 0.252 e. The summed E-state index contributed by atoms with van der Waals surface area (Å²) in [7, 11) is 4.18. The molecule has 0 bridgehead atoms. The molecule has 0 amide bonds. The lowest BCUT2D eigenvalue weighted by Gasteiger charge is -2.37. The quantitative estimate of drug-likeness (QED) is 0.587. The van der Waals surface area contributed by atoms with E-state index in [4.69, 9.17) is 4.98 Å². The first kappa shape index (κ1) is 25.4. The van der Waals surface area contributed by atoms with E-state index < -0.39 is 6.23 Å². The minimum atomic E-state index is -1.01. The number of hydrogen-bond acceptors (Lipinski definition) is 9. The van der Waals surface area contributed by atoms with Crippen LogP contribution in [-0.4, -0.2) is 82.0 Å². The van der Waals surface area contributed by atoms with Crippen LogP contribution in [0, 0.1) is 11.3 Å². The van der Waals surface area contributed by atoms with Crippen molar-refractivity contribution < 1.29 is 5.11 Å². The number of hydrogen-bond donors (Lipinski definition) is 2. The predicted molar refractivity (Wildman–Crippen MR) is 144 cm³/mol. The maximum absolute atomic E-state index is 13.0. The largest absolute Gasteiger partial charge is 0.369 e. The molecule has 1 saturated heterocycles. The van der Waals surface area contributed by atoms with Crippen molar-refractivity contribution in [2.75, 3.05) is 50.5 Å². The Morgan fingerprint density at radius 3 is 2.62 bits per heavy atom. The zero-order valence-electron chi connectivity index (χ0n) is 21.7. The van der Waals surface area contributed by atoms with Gasteiger partial charge in [-0.1, -0.05) is 12.8 Å². The Hall–Kier alpha value is -3.26. The molecule has 2 fully saturated rings. The number of aliphatic hydroxyl groups excluding tert-OH is 1. The van der Waals surface area contributed by atoms with Gasteiger partial charge in [0.25, 0.3) is 5.56 Å². The van der Waals surface area contributed by atoms with E-state index >= 15 is 0 Å². The predicted octanol–water partition coefficient (Wildman–Crippen LogP) is 2.57. The van der Waals surface area contributed by atoms with Crippen molar-refractivity contribution in [3.05, 3.63) is 46.0 Å². The number of fused-ring (bicyclic) bond motifs is 1. The van der Waals surface area contributed by atoms with E-state index in [0.717, 1.165) is 64.7 Å². The van der Waals surface area contributed by atoms with Gasteiger partial charge in [0.2, 0.25) is 5.95 Å². The number of likely N-dealkylation sites (N-methyl/N-ethyl adjacent to an activating group) is 1. The van der Waals surface area contributed by atoms with Gasteiger partial charge in [0.05, 0.1) is 11.6 Å². The third kappa shape index (κ3) is 5.54. The van der Waals surface area contributed by atoms with Gasteiger partial charge < -0.3 is 29.7 Å². The number of anilines is 3. The highest BCUT2D eigenvalue weighted by molar-refractivity contribution is 5.74. The Kier molecular flexibility index (Phi) is 7.55. The van der Waals surface area contributed by atoms with Gasteiger partial charge in [0, 0.05) is 68.0 Å². The Morgan fingerprint density at radius 2 is 1.95 bits per heavy atom. The molecular formula is C27H36N8O2. The van der Waals surface area contributed by atoms with Crippen molar-refractivity contribution in [3.63, 3.8) is 0 Å². The van der Waals surface area contributed by atoms with E-state index in [1.165, 1.54) is 0 Å². The molecular weight excluding hydrogens is 468 g/mol. The molecule has 10 heteroatoms. The number of nitriles is 1. The summed E-state index contributed by atoms with van der Waals surface area (Å²) >= 11 is 0. The van der Waals surface area contributed by atoms with Crippen molar-refractivity contribution in [1.82, 2.24) is 24.3 Å². The molecule has 2 aromatic rings. The Bertz CT molecular complexity index is 1240. The molecule has 2 N–H and O–H groups in total. The van der Waals surface area contributed by atoms with Gasteiger partial charge in [-0.05, 0) is 51.9 Å². The highest BCUT2D eigenvalue weighted by Gasteiger charge is 2.35. The van der Waals surface area contributed by atoms with Crippen molar-refractivity contribution in [2.45, 2.75) is 56.8 Å². The highest BCUT2D eigenvalue weighted by atomic mass is 16.3. The third-order valence-corrected chi connectivity index (χ3v) is 7.76. The Balaban J connectivity index is 1.30. The first-order valence-electron chi connectivity index (χ1n) is 13.2. The number of likely N-dealkylation sites (tertiary alicyclic amines) is 1. The van der Waals surface area contributed by atoms with Crippen LogP contribution in [0.5, 0.6) is 0 Å². The third-order valence-electron chi connectivity index (χ3n) is 7.76. The van der Waals surface area contributed by atoms with Crippen LogP contribution in [0.2, 0.25) is 0 Å². The SMILES string of the molecule is CN(C)CCN1CCC(n2ccc(Nc3ncc4c(n3)N(C3CCCC3)C(O)C(C#N)=C4)cc2=O)CC1. The standard InChI is InChI=1S/C27H36N8O2/c1-32(2)13-14-33-10-8-22(9-11-33)34-12-7-21(16-24(34)36)30-27-29-18-20-15-19(17-28)26(37)35(25(20)31-27)23-5-3-4-6-23/h7,12,15-16,18,22-23,26,37H,3-6,8-11,13-14H2,1-2H3,(H,29,30,31). The van der Waals surface area contributed by atoms with Crippen LogP contribution in [0.3, 0.4) is 0 Å². The molecule has 5 rings (SSSR count). The van der Waals surface area contributed by atoms with Crippen LogP contribution in [0.4, 0.5) is 17.5 Å². The summed E-state index contributed by atoms with van der Waals surface area (Å²) in [5.41, 5.74) is 1.60. The van der Waals surface area contributed by atoms with Crippen molar-refractivity contribution in [1.29, 1.82) is 5.26 Å². The van der Waals surface area contributed by atoms with Gasteiger partial charge in [-0.2, -0.15) is 10.2 Å². The molecule has 0 radical (unpaired) electrons. The highest BCUT2D eigenvalue weighted by Crippen LogP contribution is 2.37. The second-order valence-electron chi connectivity index (χ2n) is 10.6. The molecule has 10 nitrogen and oxygen atoms in total. The topological polar surface area (TPSA) is 114 Å². The zero-order valence-corrected chi connectivity index (χ0v) is 21.7. The number of aromatic nitrogens is 3. The number of rotatable bonds is 7. The van der Waals surface area contributed by atoms with Crippen molar-refractivity contribution >= 4 is 23.5 Å². The number of aliphatic hydroxyl groups is 1. The first-order valence-corrected chi connectivity index (χ1v) is 13.2. The zero-order chi connectivity index (χ0) is 25.9. The van der Waals surface area contributed by atoms with Crippen molar-refractivity contribution in [2.24, 2.45) is 0 Å². The number of piperidine rings is 1. The summed E-state index contributed by atoms with van der Waals surface area (Å²) in [6, 6.07) is 5.93. The second-order valence-corrected chi connectivity index (χ2v) is 10.6. The lowest BCUT2D eigenvalue weighted by molar-refractivity contribution is 0.171. The number of pyridine rings is 1. The summed E-state index contributed by atoms with van der Waals surface area (Å²) in [6.45, 7) is 4.10. The number of nitrogens with zero attached hydrogens (tertiary/aromatic N) is 7. The average molecular weight is 505 g/mol. The van der Waals surface area contributed by atoms with Crippen LogP contribution in [-0.2, 0) is 0 Å². The Morgan fingerprint density at radius 1 is 1.19 bits per heavy atom. The van der Waals surface area contributed by atoms with Gasteiger partial charge in [0.15, 0.2) is 6.23 Å². The van der Waals surface area contributed by atoms with Gasteiger partial charge in [-0.15, -0.1) is 0 Å².